The van der Waals surface area contributed by atoms with Gasteiger partial charge in [-0.1, -0.05) is 12.1 Å². The van der Waals surface area contributed by atoms with Crippen LogP contribution in [-0.2, 0) is 11.2 Å². The molecular weight excluding hydrogens is 222 g/mol. The number of rotatable bonds is 4. The highest BCUT2D eigenvalue weighted by Crippen LogP contribution is 2.28. The number of nitrogens with one attached hydrogen (secondary N) is 1. The third kappa shape index (κ3) is 2.07. The maximum atomic E-state index is 10.5. The smallest absolute Gasteiger partial charge is 0.303 e. The van der Waals surface area contributed by atoms with Crippen LogP contribution in [0.4, 0.5) is 0 Å². The van der Waals surface area contributed by atoms with E-state index in [1.54, 1.807) is 11.8 Å². The van der Waals surface area contributed by atoms with Gasteiger partial charge in [-0.05, 0) is 24.3 Å². The molecule has 1 aromatic carbocycles. The fourth-order valence-electron chi connectivity index (χ4n) is 1.80. The van der Waals surface area contributed by atoms with E-state index in [2.05, 4.69) is 11.1 Å². The van der Waals surface area contributed by atoms with E-state index >= 15 is 0 Å². The molecule has 16 heavy (non-hydrogen) atoms. The number of aromatic amines is 1. The van der Waals surface area contributed by atoms with Gasteiger partial charge in [0.2, 0.25) is 0 Å². The van der Waals surface area contributed by atoms with Crippen LogP contribution >= 0.6 is 11.8 Å². The van der Waals surface area contributed by atoms with Crippen LogP contribution < -0.4 is 0 Å². The second-order valence-electron chi connectivity index (χ2n) is 3.59. The number of aromatic nitrogens is 1. The van der Waals surface area contributed by atoms with Crippen molar-refractivity contribution in [3.05, 3.63) is 30.0 Å². The molecule has 0 unspecified atom stereocenters. The zero-order chi connectivity index (χ0) is 11.5. The zero-order valence-corrected chi connectivity index (χ0v) is 9.80. The van der Waals surface area contributed by atoms with E-state index < -0.39 is 5.97 Å². The van der Waals surface area contributed by atoms with Crippen LogP contribution in [-0.4, -0.2) is 22.3 Å². The van der Waals surface area contributed by atoms with Gasteiger partial charge in [0.25, 0.3) is 0 Å². The average Bonchev–Trinajstić information content (AvgIpc) is 2.69. The van der Waals surface area contributed by atoms with Crippen LogP contribution in [0.25, 0.3) is 10.9 Å². The van der Waals surface area contributed by atoms with E-state index in [9.17, 15) is 4.79 Å². The fraction of sp³-hybridized carbons (Fsp3) is 0.250. The molecular formula is C12H13NO2S. The number of H-pyrrole nitrogens is 1. The molecule has 2 N–H and O–H groups in total. The molecule has 2 rings (SSSR count). The summed E-state index contributed by atoms with van der Waals surface area (Å²) >= 11 is 1.69. The van der Waals surface area contributed by atoms with E-state index in [1.165, 1.54) is 4.90 Å². The van der Waals surface area contributed by atoms with Gasteiger partial charge >= 0.3 is 5.97 Å². The Morgan fingerprint density at radius 1 is 1.50 bits per heavy atom. The second-order valence-corrected chi connectivity index (χ2v) is 4.44. The number of benzene rings is 1. The lowest BCUT2D eigenvalue weighted by atomic mass is 10.1. The Bertz CT molecular complexity index is 519. The first-order valence-electron chi connectivity index (χ1n) is 5.07. The number of fused-ring (bicyclic) bond motifs is 1. The van der Waals surface area contributed by atoms with Crippen molar-refractivity contribution in [2.45, 2.75) is 17.7 Å². The van der Waals surface area contributed by atoms with E-state index in [1.807, 2.05) is 24.6 Å². The lowest BCUT2D eigenvalue weighted by Crippen LogP contribution is -1.96. The van der Waals surface area contributed by atoms with Gasteiger partial charge in [0.15, 0.2) is 0 Å². The Balaban J connectivity index is 2.37. The number of para-hydroxylation sites is 1. The quantitative estimate of drug-likeness (QED) is 0.801. The van der Waals surface area contributed by atoms with Crippen molar-refractivity contribution < 1.29 is 9.90 Å². The molecule has 1 aromatic heterocycles. The van der Waals surface area contributed by atoms with Crippen molar-refractivity contribution in [3.63, 3.8) is 0 Å². The highest BCUT2D eigenvalue weighted by atomic mass is 32.2. The Morgan fingerprint density at radius 2 is 2.31 bits per heavy atom. The minimum atomic E-state index is -0.754. The van der Waals surface area contributed by atoms with E-state index in [0.717, 1.165) is 16.5 Å². The summed E-state index contributed by atoms with van der Waals surface area (Å²) in [5.74, 6) is -0.754. The first-order valence-corrected chi connectivity index (χ1v) is 6.29. The number of carboxylic acid groups (broad SMARTS) is 1. The minimum Gasteiger partial charge on any atom is -0.481 e. The van der Waals surface area contributed by atoms with Gasteiger partial charge in [-0.15, -0.1) is 11.8 Å². The molecule has 0 bridgehead atoms. The molecule has 0 amide bonds. The Kier molecular flexibility index (Phi) is 3.19. The van der Waals surface area contributed by atoms with Gasteiger partial charge in [-0.2, -0.15) is 0 Å². The monoisotopic (exact) mass is 235 g/mol. The SMILES string of the molecule is CSc1cccc2c(CCC(=O)O)c[nH]c12. The molecule has 84 valence electrons. The highest BCUT2D eigenvalue weighted by molar-refractivity contribution is 7.98. The van der Waals surface area contributed by atoms with Crippen LogP contribution in [0.3, 0.4) is 0 Å². The number of hydrogen-bond donors (Lipinski definition) is 2. The number of aryl methyl sites for hydroxylation is 1. The van der Waals surface area contributed by atoms with Crippen LogP contribution in [0, 0.1) is 0 Å². The number of hydrogen-bond acceptors (Lipinski definition) is 2. The Hall–Kier alpha value is -1.42. The maximum Gasteiger partial charge on any atom is 0.303 e. The molecule has 0 aliphatic rings. The van der Waals surface area contributed by atoms with Crippen molar-refractivity contribution in [2.75, 3.05) is 6.26 Å². The maximum absolute atomic E-state index is 10.5. The van der Waals surface area contributed by atoms with Gasteiger partial charge in [0.1, 0.15) is 0 Å². The van der Waals surface area contributed by atoms with Crippen molar-refractivity contribution in [2.24, 2.45) is 0 Å². The molecule has 0 aliphatic carbocycles. The van der Waals surface area contributed by atoms with E-state index in [4.69, 9.17) is 5.11 Å². The van der Waals surface area contributed by atoms with Crippen LogP contribution in [0.1, 0.15) is 12.0 Å². The molecule has 4 heteroatoms. The molecule has 2 aromatic rings. The molecule has 0 fully saturated rings. The molecule has 0 radical (unpaired) electrons. The second kappa shape index (κ2) is 4.61. The lowest BCUT2D eigenvalue weighted by Gasteiger charge is -1.99. The highest BCUT2D eigenvalue weighted by Gasteiger charge is 2.08. The summed E-state index contributed by atoms with van der Waals surface area (Å²) in [5, 5.41) is 9.80. The number of thioether (sulfide) groups is 1. The van der Waals surface area contributed by atoms with Crippen molar-refractivity contribution in [1.82, 2.24) is 4.98 Å². The molecule has 0 saturated carbocycles. The molecule has 0 spiro atoms. The Morgan fingerprint density at radius 3 is 3.00 bits per heavy atom. The lowest BCUT2D eigenvalue weighted by molar-refractivity contribution is -0.136. The van der Waals surface area contributed by atoms with Crippen LogP contribution in [0.15, 0.2) is 29.3 Å². The molecule has 0 saturated heterocycles. The fourth-order valence-corrected chi connectivity index (χ4v) is 2.39. The van der Waals surface area contributed by atoms with Gasteiger partial charge < -0.3 is 10.1 Å². The van der Waals surface area contributed by atoms with E-state index in [-0.39, 0.29) is 6.42 Å². The number of carboxylic acids is 1. The number of aliphatic carboxylic acids is 1. The summed E-state index contributed by atoms with van der Waals surface area (Å²) in [4.78, 5) is 15.0. The summed E-state index contributed by atoms with van der Waals surface area (Å²) in [6, 6.07) is 6.10. The summed E-state index contributed by atoms with van der Waals surface area (Å²) in [7, 11) is 0. The molecule has 0 aliphatic heterocycles. The van der Waals surface area contributed by atoms with Crippen LogP contribution in [0.2, 0.25) is 0 Å². The predicted molar refractivity (Wildman–Crippen MR) is 66.0 cm³/mol. The average molecular weight is 235 g/mol. The van der Waals surface area contributed by atoms with Gasteiger partial charge in [0.05, 0.1) is 5.52 Å². The Labute approximate surface area is 97.9 Å². The van der Waals surface area contributed by atoms with Crippen LogP contribution in [0.5, 0.6) is 0 Å². The largest absolute Gasteiger partial charge is 0.481 e. The van der Waals surface area contributed by atoms with Crippen molar-refractivity contribution >= 4 is 28.6 Å². The summed E-state index contributed by atoms with van der Waals surface area (Å²) < 4.78 is 0. The van der Waals surface area contributed by atoms with Gasteiger partial charge in [-0.3, -0.25) is 4.79 Å². The third-order valence-corrected chi connectivity index (χ3v) is 3.37. The summed E-state index contributed by atoms with van der Waals surface area (Å²) in [6.45, 7) is 0. The minimum absolute atomic E-state index is 0.177. The van der Waals surface area contributed by atoms with Gasteiger partial charge in [0, 0.05) is 22.9 Å². The van der Waals surface area contributed by atoms with Gasteiger partial charge in [-0.25, -0.2) is 0 Å². The van der Waals surface area contributed by atoms with E-state index in [0.29, 0.717) is 6.42 Å². The standard InChI is InChI=1S/C12H13NO2S/c1-16-10-4-2-3-9-8(5-6-11(14)15)7-13-12(9)10/h2-4,7,13H,5-6H2,1H3,(H,14,15). The molecule has 3 nitrogen and oxygen atoms in total. The first kappa shape index (κ1) is 11.1. The topological polar surface area (TPSA) is 53.1 Å². The number of carbonyl (C=O) groups is 1. The summed E-state index contributed by atoms with van der Waals surface area (Å²) in [5.41, 5.74) is 2.18. The normalized spacial score (nSPS) is 10.8. The van der Waals surface area contributed by atoms with Crippen molar-refractivity contribution in [3.8, 4) is 0 Å². The van der Waals surface area contributed by atoms with Crippen molar-refractivity contribution in [1.29, 1.82) is 0 Å². The zero-order valence-electron chi connectivity index (χ0n) is 8.99. The first-order chi connectivity index (χ1) is 7.72. The third-order valence-electron chi connectivity index (χ3n) is 2.59. The predicted octanol–water partition coefficient (Wildman–Crippen LogP) is 2.91. The summed E-state index contributed by atoms with van der Waals surface area (Å²) in [6.07, 6.45) is 4.70. The molecule has 1 heterocycles. The molecule has 0 atom stereocenters.